The largest absolute Gasteiger partial charge is 0.497 e. The molecule has 5 heteroatoms. The Bertz CT molecular complexity index is 702. The second-order valence-electron chi connectivity index (χ2n) is 4.36. The highest BCUT2D eigenvalue weighted by molar-refractivity contribution is 6.35. The zero-order valence-electron chi connectivity index (χ0n) is 11.1. The highest BCUT2D eigenvalue weighted by Gasteiger charge is 2.22. The van der Waals surface area contributed by atoms with E-state index >= 15 is 0 Å². The molecule has 0 heterocycles. The van der Waals surface area contributed by atoms with Crippen molar-refractivity contribution in [2.24, 2.45) is 0 Å². The highest BCUT2D eigenvalue weighted by atomic mass is 35.5. The van der Waals surface area contributed by atoms with Crippen LogP contribution in [-0.2, 0) is 0 Å². The lowest BCUT2D eigenvalue weighted by atomic mass is 9.92. The summed E-state index contributed by atoms with van der Waals surface area (Å²) >= 11 is 11.8. The molecule has 0 aliphatic rings. The number of methoxy groups -OCH3 is 1. The molecule has 0 spiro atoms. The first-order valence-electron chi connectivity index (χ1n) is 6.09. The first kappa shape index (κ1) is 15.4. The van der Waals surface area contributed by atoms with Gasteiger partial charge in [0.05, 0.1) is 13.2 Å². The van der Waals surface area contributed by atoms with Gasteiger partial charge in [0.1, 0.15) is 11.7 Å². The van der Waals surface area contributed by atoms with Crippen LogP contribution >= 0.6 is 23.2 Å². The fraction of sp³-hybridized carbons (Fsp3) is 0.125. The van der Waals surface area contributed by atoms with Crippen LogP contribution in [0.4, 0.5) is 0 Å². The average Bonchev–Trinajstić information content (AvgIpc) is 2.47. The molecule has 21 heavy (non-hydrogen) atoms. The van der Waals surface area contributed by atoms with Crippen LogP contribution in [0, 0.1) is 11.3 Å². The van der Waals surface area contributed by atoms with Gasteiger partial charge in [-0.2, -0.15) is 5.26 Å². The normalized spacial score (nSPS) is 11.5. The zero-order chi connectivity index (χ0) is 15.4. The van der Waals surface area contributed by atoms with Gasteiger partial charge in [0, 0.05) is 15.6 Å². The quantitative estimate of drug-likeness (QED) is 0.780. The fourth-order valence-corrected chi connectivity index (χ4v) is 2.49. The van der Waals surface area contributed by atoms with Crippen molar-refractivity contribution in [3.05, 3.63) is 63.6 Å². The lowest BCUT2D eigenvalue weighted by Crippen LogP contribution is -2.11. The molecule has 0 aliphatic carbocycles. The topological polar surface area (TPSA) is 50.1 Å². The Morgan fingerprint density at radius 3 is 2.43 bits per heavy atom. The van der Waals surface area contributed by atoms with Crippen molar-refractivity contribution >= 4 is 29.0 Å². The summed E-state index contributed by atoms with van der Waals surface area (Å²) in [6.07, 6.45) is 0. The number of ketones is 1. The standard InChI is InChI=1S/C16H11Cl2NO2/c1-21-14-4-2-3-10(7-14)15(9-19)16(20)11-5-12(17)8-13(18)6-11/h2-8,15H,1H3. The Kier molecular flexibility index (Phi) is 4.85. The van der Waals surface area contributed by atoms with Crippen molar-refractivity contribution in [1.29, 1.82) is 5.26 Å². The number of Topliss-reactive ketones (excluding diaryl/α,β-unsaturated/α-hetero) is 1. The molecule has 0 bridgehead atoms. The van der Waals surface area contributed by atoms with Gasteiger partial charge in [-0.05, 0) is 35.9 Å². The zero-order valence-corrected chi connectivity index (χ0v) is 12.7. The number of benzene rings is 2. The first-order chi connectivity index (χ1) is 10.0. The number of ether oxygens (including phenoxy) is 1. The van der Waals surface area contributed by atoms with E-state index in [9.17, 15) is 10.1 Å². The molecule has 1 unspecified atom stereocenters. The van der Waals surface area contributed by atoms with Crippen LogP contribution in [0.2, 0.25) is 10.0 Å². The second kappa shape index (κ2) is 6.62. The molecule has 0 N–H and O–H groups in total. The molecule has 2 rings (SSSR count). The number of carbonyl (C=O) groups is 1. The molecule has 0 radical (unpaired) electrons. The van der Waals surface area contributed by atoms with E-state index in [1.807, 2.05) is 6.07 Å². The van der Waals surface area contributed by atoms with Crippen molar-refractivity contribution in [2.75, 3.05) is 7.11 Å². The molecule has 106 valence electrons. The molecular weight excluding hydrogens is 309 g/mol. The van der Waals surface area contributed by atoms with Crippen molar-refractivity contribution in [1.82, 2.24) is 0 Å². The first-order valence-corrected chi connectivity index (χ1v) is 6.84. The van der Waals surface area contributed by atoms with Crippen LogP contribution in [0.1, 0.15) is 21.8 Å². The summed E-state index contributed by atoms with van der Waals surface area (Å²) in [5, 5.41) is 10.0. The molecule has 0 saturated carbocycles. The van der Waals surface area contributed by atoms with Gasteiger partial charge in [-0.25, -0.2) is 0 Å². The van der Waals surface area contributed by atoms with E-state index < -0.39 is 5.92 Å². The minimum Gasteiger partial charge on any atom is -0.497 e. The molecule has 0 aromatic heterocycles. The van der Waals surface area contributed by atoms with Crippen LogP contribution in [0.5, 0.6) is 5.75 Å². The second-order valence-corrected chi connectivity index (χ2v) is 5.23. The van der Waals surface area contributed by atoms with Crippen LogP contribution < -0.4 is 4.74 Å². The van der Waals surface area contributed by atoms with Gasteiger partial charge in [0.25, 0.3) is 0 Å². The maximum absolute atomic E-state index is 12.5. The number of halogens is 2. The Morgan fingerprint density at radius 2 is 1.86 bits per heavy atom. The summed E-state index contributed by atoms with van der Waals surface area (Å²) in [5.41, 5.74) is 0.875. The smallest absolute Gasteiger partial charge is 0.184 e. The minimum absolute atomic E-state index is 0.307. The number of nitrogens with zero attached hydrogens (tertiary/aromatic N) is 1. The van der Waals surface area contributed by atoms with E-state index in [-0.39, 0.29) is 5.78 Å². The van der Waals surface area contributed by atoms with Crippen LogP contribution in [0.3, 0.4) is 0 Å². The van der Waals surface area contributed by atoms with E-state index in [0.717, 1.165) is 0 Å². The summed E-state index contributed by atoms with van der Waals surface area (Å²) in [6.45, 7) is 0. The summed E-state index contributed by atoms with van der Waals surface area (Å²) < 4.78 is 5.11. The van der Waals surface area contributed by atoms with E-state index in [4.69, 9.17) is 27.9 Å². The number of hydrogen-bond donors (Lipinski definition) is 0. The fourth-order valence-electron chi connectivity index (χ4n) is 1.97. The molecule has 1 atom stereocenters. The number of nitriles is 1. The predicted molar refractivity (Wildman–Crippen MR) is 82.1 cm³/mol. The summed E-state index contributed by atoms with van der Waals surface area (Å²) in [5.74, 6) is -0.700. The van der Waals surface area contributed by atoms with Gasteiger partial charge in [-0.1, -0.05) is 35.3 Å². The molecule has 3 nitrogen and oxygen atoms in total. The molecule has 0 saturated heterocycles. The lowest BCUT2D eigenvalue weighted by Gasteiger charge is -2.10. The monoisotopic (exact) mass is 319 g/mol. The SMILES string of the molecule is COc1cccc(C(C#N)C(=O)c2cc(Cl)cc(Cl)c2)c1. The molecule has 2 aromatic rings. The van der Waals surface area contributed by atoms with Gasteiger partial charge in [-0.15, -0.1) is 0 Å². The third-order valence-corrected chi connectivity index (χ3v) is 3.40. The Labute approximate surface area is 132 Å². The molecule has 0 aliphatic heterocycles. The summed E-state index contributed by atoms with van der Waals surface area (Å²) in [7, 11) is 1.53. The van der Waals surface area contributed by atoms with Crippen molar-refractivity contribution in [3.63, 3.8) is 0 Å². The lowest BCUT2D eigenvalue weighted by molar-refractivity contribution is 0.0979. The van der Waals surface area contributed by atoms with Crippen molar-refractivity contribution in [2.45, 2.75) is 5.92 Å². The molecular formula is C16H11Cl2NO2. The minimum atomic E-state index is -0.936. The predicted octanol–water partition coefficient (Wildman–Crippen LogP) is 4.49. The van der Waals surface area contributed by atoms with Crippen molar-refractivity contribution < 1.29 is 9.53 Å². The third-order valence-electron chi connectivity index (χ3n) is 2.97. The molecule has 0 fully saturated rings. The third kappa shape index (κ3) is 3.55. The maximum atomic E-state index is 12.5. The number of hydrogen-bond acceptors (Lipinski definition) is 3. The number of rotatable bonds is 4. The van der Waals surface area contributed by atoms with E-state index in [0.29, 0.717) is 26.9 Å². The Balaban J connectivity index is 2.41. The average molecular weight is 320 g/mol. The van der Waals surface area contributed by atoms with Gasteiger partial charge < -0.3 is 4.74 Å². The van der Waals surface area contributed by atoms with Gasteiger partial charge in [-0.3, -0.25) is 4.79 Å². The van der Waals surface area contributed by atoms with Crippen LogP contribution in [0.15, 0.2) is 42.5 Å². The van der Waals surface area contributed by atoms with E-state index in [2.05, 4.69) is 0 Å². The molecule has 2 aromatic carbocycles. The van der Waals surface area contributed by atoms with Gasteiger partial charge >= 0.3 is 0 Å². The summed E-state index contributed by atoms with van der Waals surface area (Å²) in [6, 6.07) is 13.4. The highest BCUT2D eigenvalue weighted by Crippen LogP contribution is 2.27. The van der Waals surface area contributed by atoms with Crippen molar-refractivity contribution in [3.8, 4) is 11.8 Å². The van der Waals surface area contributed by atoms with E-state index in [1.54, 1.807) is 24.3 Å². The van der Waals surface area contributed by atoms with Gasteiger partial charge in [0.15, 0.2) is 5.78 Å². The van der Waals surface area contributed by atoms with E-state index in [1.165, 1.54) is 25.3 Å². The maximum Gasteiger partial charge on any atom is 0.184 e. The Morgan fingerprint density at radius 1 is 1.19 bits per heavy atom. The summed E-state index contributed by atoms with van der Waals surface area (Å²) in [4.78, 5) is 12.5. The van der Waals surface area contributed by atoms with Crippen LogP contribution in [0.25, 0.3) is 0 Å². The molecule has 0 amide bonds. The van der Waals surface area contributed by atoms with Gasteiger partial charge in [0.2, 0.25) is 0 Å². The number of carbonyl (C=O) groups excluding carboxylic acids is 1. The Hall–Kier alpha value is -2.02. The van der Waals surface area contributed by atoms with Crippen LogP contribution in [-0.4, -0.2) is 12.9 Å².